The molecule has 4 heteroatoms. The van der Waals surface area contributed by atoms with Gasteiger partial charge in [0, 0.05) is 19.3 Å². The van der Waals surface area contributed by atoms with Gasteiger partial charge in [-0.05, 0) is 36.2 Å². The van der Waals surface area contributed by atoms with E-state index in [1.165, 1.54) is 0 Å². The Morgan fingerprint density at radius 3 is 3.10 bits per heavy atom. The van der Waals surface area contributed by atoms with Crippen molar-refractivity contribution in [2.75, 3.05) is 18.1 Å². The number of pyridine rings is 1. The standard InChI is InChI=1S/C16H15N3O/c17-11-14-10-13(6-7-18-14)12-19-8-3-9-20-16-5-2-1-4-15(16)19/h1-2,4-7,10H,3,8-9,12H2. The van der Waals surface area contributed by atoms with Crippen molar-refractivity contribution in [1.29, 1.82) is 5.26 Å². The summed E-state index contributed by atoms with van der Waals surface area (Å²) >= 11 is 0. The van der Waals surface area contributed by atoms with E-state index in [0.29, 0.717) is 5.69 Å². The maximum absolute atomic E-state index is 8.92. The highest BCUT2D eigenvalue weighted by Gasteiger charge is 2.16. The fourth-order valence-corrected chi connectivity index (χ4v) is 2.42. The number of hydrogen-bond acceptors (Lipinski definition) is 4. The fraction of sp³-hybridized carbons (Fsp3) is 0.250. The number of aromatic nitrogens is 1. The van der Waals surface area contributed by atoms with Gasteiger partial charge in [0.25, 0.3) is 0 Å². The van der Waals surface area contributed by atoms with Gasteiger partial charge < -0.3 is 9.64 Å². The first-order valence-electron chi connectivity index (χ1n) is 6.68. The Balaban J connectivity index is 1.88. The molecule has 1 aromatic heterocycles. The number of benzene rings is 1. The summed E-state index contributed by atoms with van der Waals surface area (Å²) in [6.07, 6.45) is 2.68. The first kappa shape index (κ1) is 12.5. The summed E-state index contributed by atoms with van der Waals surface area (Å²) in [5.41, 5.74) is 2.66. The van der Waals surface area contributed by atoms with E-state index in [0.717, 1.165) is 43.1 Å². The average Bonchev–Trinajstić information content (AvgIpc) is 2.70. The number of ether oxygens (including phenoxy) is 1. The third-order valence-electron chi connectivity index (χ3n) is 3.35. The van der Waals surface area contributed by atoms with Gasteiger partial charge in [0.05, 0.1) is 12.3 Å². The van der Waals surface area contributed by atoms with Crippen molar-refractivity contribution in [2.24, 2.45) is 0 Å². The van der Waals surface area contributed by atoms with Crippen molar-refractivity contribution < 1.29 is 4.74 Å². The molecular weight excluding hydrogens is 250 g/mol. The van der Waals surface area contributed by atoms with Crippen LogP contribution in [0.4, 0.5) is 5.69 Å². The predicted molar refractivity (Wildman–Crippen MR) is 76.6 cm³/mol. The summed E-state index contributed by atoms with van der Waals surface area (Å²) in [7, 11) is 0. The molecule has 20 heavy (non-hydrogen) atoms. The van der Waals surface area contributed by atoms with E-state index in [4.69, 9.17) is 10.00 Å². The van der Waals surface area contributed by atoms with E-state index in [2.05, 4.69) is 22.0 Å². The van der Waals surface area contributed by atoms with Crippen LogP contribution in [0, 0.1) is 11.3 Å². The molecule has 3 rings (SSSR count). The second-order valence-electron chi connectivity index (χ2n) is 4.75. The third kappa shape index (κ3) is 2.57. The number of nitriles is 1. The molecule has 4 nitrogen and oxygen atoms in total. The first-order valence-corrected chi connectivity index (χ1v) is 6.68. The lowest BCUT2D eigenvalue weighted by atomic mass is 10.2. The molecule has 0 amide bonds. The number of nitrogens with zero attached hydrogens (tertiary/aromatic N) is 3. The molecule has 0 saturated heterocycles. The quantitative estimate of drug-likeness (QED) is 0.837. The molecule has 0 saturated carbocycles. The van der Waals surface area contributed by atoms with Crippen LogP contribution >= 0.6 is 0 Å². The van der Waals surface area contributed by atoms with Crippen molar-refractivity contribution in [2.45, 2.75) is 13.0 Å². The molecule has 0 atom stereocenters. The molecule has 0 N–H and O–H groups in total. The molecule has 1 aliphatic rings. The van der Waals surface area contributed by atoms with Crippen LogP contribution in [0.3, 0.4) is 0 Å². The molecule has 1 aliphatic heterocycles. The molecule has 0 fully saturated rings. The average molecular weight is 265 g/mol. The third-order valence-corrected chi connectivity index (χ3v) is 3.35. The van der Waals surface area contributed by atoms with Gasteiger partial charge in [0.1, 0.15) is 17.5 Å². The van der Waals surface area contributed by atoms with Crippen molar-refractivity contribution >= 4 is 5.69 Å². The number of anilines is 1. The Morgan fingerprint density at radius 2 is 2.20 bits per heavy atom. The zero-order chi connectivity index (χ0) is 13.8. The van der Waals surface area contributed by atoms with Crippen LogP contribution < -0.4 is 9.64 Å². The van der Waals surface area contributed by atoms with Crippen molar-refractivity contribution in [3.63, 3.8) is 0 Å². The second-order valence-corrected chi connectivity index (χ2v) is 4.75. The summed E-state index contributed by atoms with van der Waals surface area (Å²) in [5, 5.41) is 8.92. The van der Waals surface area contributed by atoms with E-state index in [1.807, 2.05) is 30.3 Å². The molecule has 0 aliphatic carbocycles. The van der Waals surface area contributed by atoms with Crippen molar-refractivity contribution in [1.82, 2.24) is 4.98 Å². The topological polar surface area (TPSA) is 49.2 Å². The zero-order valence-electron chi connectivity index (χ0n) is 11.1. The van der Waals surface area contributed by atoms with Crippen molar-refractivity contribution in [3.8, 4) is 11.8 Å². The van der Waals surface area contributed by atoms with E-state index in [1.54, 1.807) is 6.20 Å². The Kier molecular flexibility index (Phi) is 3.51. The Labute approximate surface area is 118 Å². The summed E-state index contributed by atoms with van der Waals surface area (Å²) in [5.74, 6) is 0.930. The molecule has 0 spiro atoms. The van der Waals surface area contributed by atoms with E-state index in [9.17, 15) is 0 Å². The minimum atomic E-state index is 0.460. The summed E-state index contributed by atoms with van der Waals surface area (Å²) < 4.78 is 5.75. The minimum Gasteiger partial charge on any atom is -0.491 e. The summed E-state index contributed by atoms with van der Waals surface area (Å²) in [6, 6.07) is 14.0. The van der Waals surface area contributed by atoms with Gasteiger partial charge in [0.2, 0.25) is 0 Å². The van der Waals surface area contributed by atoms with Gasteiger partial charge >= 0.3 is 0 Å². The van der Waals surface area contributed by atoms with E-state index >= 15 is 0 Å². The predicted octanol–water partition coefficient (Wildman–Crippen LogP) is 2.74. The van der Waals surface area contributed by atoms with Gasteiger partial charge in [-0.1, -0.05) is 12.1 Å². The minimum absolute atomic E-state index is 0.460. The smallest absolute Gasteiger partial charge is 0.142 e. The van der Waals surface area contributed by atoms with Gasteiger partial charge in [-0.15, -0.1) is 0 Å². The second kappa shape index (κ2) is 5.62. The maximum atomic E-state index is 8.92. The molecule has 1 aromatic carbocycles. The van der Waals surface area contributed by atoms with Crippen LogP contribution in [0.1, 0.15) is 17.7 Å². The number of fused-ring (bicyclic) bond motifs is 1. The lowest BCUT2D eigenvalue weighted by Gasteiger charge is -2.23. The molecule has 0 bridgehead atoms. The first-order chi connectivity index (χ1) is 9.86. The Hall–Kier alpha value is -2.54. The van der Waals surface area contributed by atoms with Gasteiger partial charge in [-0.2, -0.15) is 5.26 Å². The molecule has 2 aromatic rings. The van der Waals surface area contributed by atoms with Crippen LogP contribution in [-0.4, -0.2) is 18.1 Å². The van der Waals surface area contributed by atoms with E-state index in [-0.39, 0.29) is 0 Å². The molecule has 0 radical (unpaired) electrons. The van der Waals surface area contributed by atoms with Gasteiger partial charge in [-0.3, -0.25) is 0 Å². The normalized spacial score (nSPS) is 13.8. The lowest BCUT2D eigenvalue weighted by molar-refractivity contribution is 0.322. The fourth-order valence-electron chi connectivity index (χ4n) is 2.42. The monoisotopic (exact) mass is 265 g/mol. The highest BCUT2D eigenvalue weighted by Crippen LogP contribution is 2.31. The van der Waals surface area contributed by atoms with Gasteiger partial charge in [-0.25, -0.2) is 4.98 Å². The maximum Gasteiger partial charge on any atom is 0.142 e. The van der Waals surface area contributed by atoms with Crippen LogP contribution in [0.5, 0.6) is 5.75 Å². The van der Waals surface area contributed by atoms with Gasteiger partial charge in [0.15, 0.2) is 0 Å². The summed E-state index contributed by atoms with van der Waals surface area (Å²) in [6.45, 7) is 2.45. The lowest BCUT2D eigenvalue weighted by Crippen LogP contribution is -2.23. The van der Waals surface area contributed by atoms with E-state index < -0.39 is 0 Å². The molecular formula is C16H15N3O. The van der Waals surface area contributed by atoms with Crippen LogP contribution in [0.2, 0.25) is 0 Å². The summed E-state index contributed by atoms with van der Waals surface area (Å²) in [4.78, 5) is 6.30. The number of hydrogen-bond donors (Lipinski definition) is 0. The largest absolute Gasteiger partial charge is 0.491 e. The Bertz CT molecular complexity index is 648. The Morgan fingerprint density at radius 1 is 1.30 bits per heavy atom. The van der Waals surface area contributed by atoms with Crippen LogP contribution in [0.25, 0.3) is 0 Å². The molecule has 100 valence electrons. The SMILES string of the molecule is N#Cc1cc(CN2CCCOc3ccccc32)ccn1. The number of para-hydroxylation sites is 2. The highest BCUT2D eigenvalue weighted by molar-refractivity contribution is 5.59. The van der Waals surface area contributed by atoms with Crippen LogP contribution in [0.15, 0.2) is 42.6 Å². The highest BCUT2D eigenvalue weighted by atomic mass is 16.5. The molecule has 0 unspecified atom stereocenters. The zero-order valence-corrected chi connectivity index (χ0v) is 11.1. The van der Waals surface area contributed by atoms with Crippen LogP contribution in [-0.2, 0) is 6.54 Å². The van der Waals surface area contributed by atoms with Crippen molar-refractivity contribution in [3.05, 3.63) is 53.9 Å². The molecule has 2 heterocycles. The number of rotatable bonds is 2.